The lowest BCUT2D eigenvalue weighted by Gasteiger charge is -2.12. The van der Waals surface area contributed by atoms with Crippen LogP contribution >= 0.6 is 11.8 Å². The van der Waals surface area contributed by atoms with Gasteiger partial charge in [0.15, 0.2) is 6.61 Å². The number of ether oxygens (including phenoxy) is 3. The molecule has 0 aromatic heterocycles. The molecule has 8 heteroatoms. The summed E-state index contributed by atoms with van der Waals surface area (Å²) in [5.41, 5.74) is 0.384. The average molecular weight is 367 g/mol. The molecule has 1 aromatic carbocycles. The Morgan fingerprint density at radius 2 is 2.08 bits per heavy atom. The molecule has 7 nitrogen and oxygen atoms in total. The van der Waals surface area contributed by atoms with E-state index in [0.717, 1.165) is 30.1 Å². The number of imide groups is 1. The molecule has 1 N–H and O–H groups in total. The first kappa shape index (κ1) is 19.3. The Hall–Kier alpha value is -2.06. The normalized spacial score (nSPS) is 16.3. The van der Waals surface area contributed by atoms with E-state index in [4.69, 9.17) is 9.47 Å². The predicted molar refractivity (Wildman–Crippen MR) is 91.6 cm³/mol. The van der Waals surface area contributed by atoms with Crippen LogP contribution in [0, 0.1) is 0 Å². The van der Waals surface area contributed by atoms with Gasteiger partial charge in [0, 0.05) is 17.3 Å². The standard InChI is InChI=1S/C17H21NO6S/c1-2-22-17(21)18-15(19)10-24-16(20)13-7-3-4-8-14(13)25-11-12-6-5-9-23-12/h3-4,7-8,12H,2,5-6,9-11H2,1H3,(H,18,19,21)/t12-/m1/s1. The highest BCUT2D eigenvalue weighted by Gasteiger charge is 2.19. The van der Waals surface area contributed by atoms with Crippen molar-refractivity contribution >= 4 is 29.7 Å². The first-order valence-electron chi connectivity index (χ1n) is 8.07. The molecule has 2 amide bonds. The molecule has 1 atom stereocenters. The first-order chi connectivity index (χ1) is 12.1. The Labute approximate surface area is 150 Å². The van der Waals surface area contributed by atoms with Gasteiger partial charge in [-0.2, -0.15) is 0 Å². The van der Waals surface area contributed by atoms with Crippen molar-refractivity contribution in [2.24, 2.45) is 0 Å². The van der Waals surface area contributed by atoms with Gasteiger partial charge in [0.25, 0.3) is 5.91 Å². The van der Waals surface area contributed by atoms with Crippen molar-refractivity contribution in [1.82, 2.24) is 5.32 Å². The van der Waals surface area contributed by atoms with Crippen molar-refractivity contribution in [2.45, 2.75) is 30.8 Å². The van der Waals surface area contributed by atoms with Gasteiger partial charge in [0.1, 0.15) is 0 Å². The fraction of sp³-hybridized carbons (Fsp3) is 0.471. The van der Waals surface area contributed by atoms with Crippen LogP contribution in [0.5, 0.6) is 0 Å². The number of hydrogen-bond donors (Lipinski definition) is 1. The number of amides is 2. The molecule has 1 aliphatic heterocycles. The lowest BCUT2D eigenvalue weighted by Crippen LogP contribution is -2.34. The molecule has 0 saturated carbocycles. The highest BCUT2D eigenvalue weighted by molar-refractivity contribution is 7.99. The van der Waals surface area contributed by atoms with Crippen molar-refractivity contribution in [3.63, 3.8) is 0 Å². The molecule has 1 fully saturated rings. The van der Waals surface area contributed by atoms with Crippen molar-refractivity contribution in [3.8, 4) is 0 Å². The quantitative estimate of drug-likeness (QED) is 0.584. The summed E-state index contributed by atoms with van der Waals surface area (Å²) >= 11 is 1.52. The maximum absolute atomic E-state index is 12.2. The van der Waals surface area contributed by atoms with Crippen LogP contribution in [0.1, 0.15) is 30.1 Å². The molecule has 1 heterocycles. The van der Waals surface area contributed by atoms with Gasteiger partial charge in [-0.1, -0.05) is 12.1 Å². The molecule has 0 aliphatic carbocycles. The summed E-state index contributed by atoms with van der Waals surface area (Å²) in [7, 11) is 0. The summed E-state index contributed by atoms with van der Waals surface area (Å²) in [5.74, 6) is -0.598. The minimum absolute atomic E-state index is 0.147. The van der Waals surface area contributed by atoms with Gasteiger partial charge < -0.3 is 14.2 Å². The van der Waals surface area contributed by atoms with Crippen LogP contribution in [0.3, 0.4) is 0 Å². The summed E-state index contributed by atoms with van der Waals surface area (Å²) in [4.78, 5) is 35.6. The molecule has 0 radical (unpaired) electrons. The van der Waals surface area contributed by atoms with Crippen LogP contribution in [0.25, 0.3) is 0 Å². The number of nitrogens with one attached hydrogen (secondary N) is 1. The zero-order valence-electron chi connectivity index (χ0n) is 14.0. The molecule has 0 bridgehead atoms. The van der Waals surface area contributed by atoms with Crippen LogP contribution < -0.4 is 5.32 Å². The van der Waals surface area contributed by atoms with Gasteiger partial charge >= 0.3 is 12.1 Å². The molecular weight excluding hydrogens is 346 g/mol. The maximum Gasteiger partial charge on any atom is 0.413 e. The second-order valence-electron chi connectivity index (χ2n) is 5.29. The molecule has 2 rings (SSSR count). The van der Waals surface area contributed by atoms with Crippen LogP contribution in [0.2, 0.25) is 0 Å². The maximum atomic E-state index is 12.2. The van der Waals surface area contributed by atoms with E-state index < -0.39 is 24.6 Å². The lowest BCUT2D eigenvalue weighted by molar-refractivity contribution is -0.123. The van der Waals surface area contributed by atoms with Gasteiger partial charge in [-0.15, -0.1) is 11.8 Å². The van der Waals surface area contributed by atoms with E-state index >= 15 is 0 Å². The number of hydrogen-bond acceptors (Lipinski definition) is 7. The zero-order valence-corrected chi connectivity index (χ0v) is 14.8. The minimum Gasteiger partial charge on any atom is -0.452 e. The predicted octanol–water partition coefficient (Wildman–Crippen LogP) is 2.39. The number of carbonyl (C=O) groups is 3. The van der Waals surface area contributed by atoms with Gasteiger partial charge in [-0.3, -0.25) is 10.1 Å². The summed E-state index contributed by atoms with van der Waals surface area (Å²) in [6, 6.07) is 7.03. The van der Waals surface area contributed by atoms with E-state index in [9.17, 15) is 14.4 Å². The summed E-state index contributed by atoms with van der Waals surface area (Å²) in [5, 5.41) is 1.97. The zero-order chi connectivity index (χ0) is 18.1. The van der Waals surface area contributed by atoms with Gasteiger partial charge in [-0.25, -0.2) is 9.59 Å². The third-order valence-corrected chi connectivity index (χ3v) is 4.61. The Bertz CT molecular complexity index is 615. The SMILES string of the molecule is CCOC(=O)NC(=O)COC(=O)c1ccccc1SC[C@H]1CCCO1. The largest absolute Gasteiger partial charge is 0.452 e. The second-order valence-corrected chi connectivity index (χ2v) is 6.35. The van der Waals surface area contributed by atoms with Crippen molar-refractivity contribution in [3.05, 3.63) is 29.8 Å². The number of benzene rings is 1. The van der Waals surface area contributed by atoms with Crippen molar-refractivity contribution in [1.29, 1.82) is 0 Å². The van der Waals surface area contributed by atoms with Crippen molar-refractivity contribution < 1.29 is 28.6 Å². The number of rotatable bonds is 7. The number of esters is 1. The minimum atomic E-state index is -0.865. The molecular formula is C17H21NO6S. The molecule has 25 heavy (non-hydrogen) atoms. The highest BCUT2D eigenvalue weighted by Crippen LogP contribution is 2.27. The number of carbonyl (C=O) groups excluding carboxylic acids is 3. The summed E-state index contributed by atoms with van der Waals surface area (Å²) < 4.78 is 15.1. The Morgan fingerprint density at radius 3 is 2.80 bits per heavy atom. The average Bonchev–Trinajstić information content (AvgIpc) is 3.12. The molecule has 1 aliphatic rings. The van der Waals surface area contributed by atoms with Gasteiger partial charge in [-0.05, 0) is 31.9 Å². The van der Waals surface area contributed by atoms with E-state index in [1.165, 1.54) is 11.8 Å². The first-order valence-corrected chi connectivity index (χ1v) is 9.06. The Kier molecular flexibility index (Phi) is 7.75. The van der Waals surface area contributed by atoms with Gasteiger partial charge in [0.05, 0.1) is 18.3 Å². The fourth-order valence-corrected chi connectivity index (χ4v) is 3.36. The van der Waals surface area contributed by atoms with Crippen LogP contribution in [0.4, 0.5) is 4.79 Å². The van der Waals surface area contributed by atoms with Crippen LogP contribution in [-0.4, -0.2) is 49.6 Å². The number of thioether (sulfide) groups is 1. The lowest BCUT2D eigenvalue weighted by atomic mass is 10.2. The van der Waals surface area contributed by atoms with Gasteiger partial charge in [0.2, 0.25) is 0 Å². The third-order valence-electron chi connectivity index (χ3n) is 3.41. The van der Waals surface area contributed by atoms with E-state index in [1.807, 2.05) is 17.4 Å². The Morgan fingerprint density at radius 1 is 1.28 bits per heavy atom. The molecule has 0 unspecified atom stereocenters. The topological polar surface area (TPSA) is 90.9 Å². The summed E-state index contributed by atoms with van der Waals surface area (Å²) in [6.45, 7) is 2.00. The monoisotopic (exact) mass is 367 g/mol. The second kappa shape index (κ2) is 10.0. The van der Waals surface area contributed by atoms with E-state index in [1.54, 1.807) is 19.1 Å². The molecule has 1 saturated heterocycles. The smallest absolute Gasteiger partial charge is 0.413 e. The molecule has 136 valence electrons. The Balaban J connectivity index is 1.86. The fourth-order valence-electron chi connectivity index (χ4n) is 2.25. The van der Waals surface area contributed by atoms with Crippen molar-refractivity contribution in [2.75, 3.05) is 25.6 Å². The van der Waals surface area contributed by atoms with E-state index in [0.29, 0.717) is 5.56 Å². The molecule has 1 aromatic rings. The molecule has 0 spiro atoms. The number of alkyl carbamates (subject to hydrolysis) is 1. The van der Waals surface area contributed by atoms with Crippen LogP contribution in [0.15, 0.2) is 29.2 Å². The third kappa shape index (κ3) is 6.39. The summed E-state index contributed by atoms with van der Waals surface area (Å²) in [6.07, 6.45) is 1.42. The highest BCUT2D eigenvalue weighted by atomic mass is 32.2. The van der Waals surface area contributed by atoms with E-state index in [-0.39, 0.29) is 12.7 Å². The van der Waals surface area contributed by atoms with Crippen LogP contribution in [-0.2, 0) is 19.0 Å². The van der Waals surface area contributed by atoms with E-state index in [2.05, 4.69) is 4.74 Å².